The molecule has 0 spiro atoms. The first kappa shape index (κ1) is 14.8. The van der Waals surface area contributed by atoms with Crippen molar-refractivity contribution in [2.75, 3.05) is 0 Å². The van der Waals surface area contributed by atoms with E-state index in [1.54, 1.807) is 13.8 Å². The van der Waals surface area contributed by atoms with Crippen molar-refractivity contribution in [1.29, 1.82) is 0 Å². The minimum absolute atomic E-state index is 0.133. The number of nitro groups is 1. The predicted octanol–water partition coefficient (Wildman–Crippen LogP) is 1.52. The molecule has 0 fully saturated rings. The Morgan fingerprint density at radius 3 is 1.89 bits per heavy atom. The van der Waals surface area contributed by atoms with E-state index < -0.39 is 17.7 Å². The van der Waals surface area contributed by atoms with Gasteiger partial charge in [-0.15, -0.1) is 0 Å². The number of nitrogens with zero attached hydrogens (tertiary/aromatic N) is 1. The Labute approximate surface area is 105 Å². The minimum Gasteiger partial charge on any atom is -0.810 e. The zero-order valence-corrected chi connectivity index (χ0v) is 11.1. The normalized spacial score (nSPS) is 12.4. The molecule has 0 aliphatic heterocycles. The molecule has 0 saturated heterocycles. The first-order valence-corrected chi connectivity index (χ1v) is 7.10. The number of hydrogen-bond acceptors (Lipinski definition) is 5. The SMILES string of the molecule is CCC(CC)(c1ccc([N+](=O)[O-])cc1)P(=O)([O-])[O-]. The van der Waals surface area contributed by atoms with E-state index in [0.717, 1.165) is 0 Å². The highest BCUT2D eigenvalue weighted by Crippen LogP contribution is 2.55. The van der Waals surface area contributed by atoms with Gasteiger partial charge in [0.15, 0.2) is 0 Å². The van der Waals surface area contributed by atoms with Crippen LogP contribution in [0.1, 0.15) is 32.3 Å². The van der Waals surface area contributed by atoms with Gasteiger partial charge in [0.1, 0.15) is 0 Å². The topological polar surface area (TPSA) is 106 Å². The number of hydrogen-bond donors (Lipinski definition) is 0. The molecule has 0 saturated carbocycles. The van der Waals surface area contributed by atoms with Crippen LogP contribution in [0, 0.1) is 10.1 Å². The zero-order valence-electron chi connectivity index (χ0n) is 10.2. The second-order valence-electron chi connectivity index (χ2n) is 4.04. The van der Waals surface area contributed by atoms with Gasteiger partial charge in [-0.25, -0.2) is 0 Å². The van der Waals surface area contributed by atoms with E-state index in [-0.39, 0.29) is 18.5 Å². The summed E-state index contributed by atoms with van der Waals surface area (Å²) in [6.07, 6.45) is 0.289. The maximum absolute atomic E-state index is 11.5. The number of nitro benzene ring substituents is 1. The molecule has 0 bridgehead atoms. The molecular formula is C11H14NO5P-2. The number of non-ortho nitro benzene ring substituents is 1. The Morgan fingerprint density at radius 2 is 1.61 bits per heavy atom. The first-order chi connectivity index (χ1) is 8.28. The van der Waals surface area contributed by atoms with Crippen molar-refractivity contribution in [2.45, 2.75) is 31.8 Å². The fourth-order valence-electron chi connectivity index (χ4n) is 2.10. The van der Waals surface area contributed by atoms with Gasteiger partial charge >= 0.3 is 0 Å². The summed E-state index contributed by atoms with van der Waals surface area (Å²) in [7, 11) is -4.84. The third kappa shape index (κ3) is 2.46. The summed E-state index contributed by atoms with van der Waals surface area (Å²) in [5, 5.41) is 9.04. The van der Waals surface area contributed by atoms with Crippen molar-refractivity contribution >= 4 is 13.3 Å². The first-order valence-electron chi connectivity index (χ1n) is 5.55. The zero-order chi connectivity index (χ0) is 14.0. The van der Waals surface area contributed by atoms with E-state index in [1.165, 1.54) is 24.3 Å². The molecule has 100 valence electrons. The summed E-state index contributed by atoms with van der Waals surface area (Å²) in [5.41, 5.74) is 0.179. The fraction of sp³-hybridized carbons (Fsp3) is 0.455. The Kier molecular flexibility index (Phi) is 4.27. The lowest BCUT2D eigenvalue weighted by molar-refractivity contribution is -0.384. The maximum Gasteiger partial charge on any atom is 0.269 e. The second kappa shape index (κ2) is 5.18. The summed E-state index contributed by atoms with van der Waals surface area (Å²) in [6.45, 7) is 3.24. The van der Waals surface area contributed by atoms with E-state index >= 15 is 0 Å². The Bertz CT molecular complexity index is 475. The van der Waals surface area contributed by atoms with Crippen molar-refractivity contribution in [1.82, 2.24) is 0 Å². The van der Waals surface area contributed by atoms with Gasteiger partial charge in [-0.1, -0.05) is 33.6 Å². The molecule has 0 aliphatic rings. The monoisotopic (exact) mass is 271 g/mol. The molecule has 0 N–H and O–H groups in total. The standard InChI is InChI=1S/C11H16NO5P/c1-3-11(4-2,18(15,16)17)9-5-7-10(8-6-9)12(13)14/h5-8H,3-4H2,1-2H3,(H2,15,16,17)/p-2. The van der Waals surface area contributed by atoms with Crippen LogP contribution in [0.25, 0.3) is 0 Å². The lowest BCUT2D eigenvalue weighted by Gasteiger charge is -2.49. The van der Waals surface area contributed by atoms with Crippen LogP contribution in [0.15, 0.2) is 24.3 Å². The molecule has 6 nitrogen and oxygen atoms in total. The highest BCUT2D eigenvalue weighted by atomic mass is 31.2. The number of rotatable bonds is 5. The molecular weight excluding hydrogens is 257 g/mol. The third-order valence-electron chi connectivity index (χ3n) is 3.31. The summed E-state index contributed by atoms with van der Waals surface area (Å²) in [6, 6.07) is 5.11. The summed E-state index contributed by atoms with van der Waals surface area (Å²) >= 11 is 0. The van der Waals surface area contributed by atoms with Gasteiger partial charge in [-0.2, -0.15) is 0 Å². The van der Waals surface area contributed by atoms with E-state index in [9.17, 15) is 24.5 Å². The van der Waals surface area contributed by atoms with Crippen LogP contribution in [-0.2, 0) is 9.72 Å². The van der Waals surface area contributed by atoms with Crippen molar-refractivity contribution in [3.05, 3.63) is 39.9 Å². The largest absolute Gasteiger partial charge is 0.810 e. The fourth-order valence-corrected chi connectivity index (χ4v) is 3.34. The van der Waals surface area contributed by atoms with E-state index in [2.05, 4.69) is 0 Å². The van der Waals surface area contributed by atoms with Gasteiger partial charge in [-0.3, -0.25) is 10.1 Å². The van der Waals surface area contributed by atoms with Gasteiger partial charge < -0.3 is 14.4 Å². The summed E-state index contributed by atoms with van der Waals surface area (Å²) in [5.74, 6) is 0. The number of benzene rings is 1. The minimum atomic E-state index is -4.84. The van der Waals surface area contributed by atoms with Crippen molar-refractivity contribution in [3.8, 4) is 0 Å². The quantitative estimate of drug-likeness (QED) is 0.458. The average molecular weight is 271 g/mol. The molecule has 0 amide bonds. The highest BCUT2D eigenvalue weighted by Gasteiger charge is 2.32. The van der Waals surface area contributed by atoms with E-state index in [4.69, 9.17) is 0 Å². The van der Waals surface area contributed by atoms with Crippen LogP contribution < -0.4 is 9.79 Å². The van der Waals surface area contributed by atoms with E-state index in [1.807, 2.05) is 0 Å². The molecule has 0 unspecified atom stereocenters. The summed E-state index contributed by atoms with van der Waals surface area (Å²) in [4.78, 5) is 32.9. The third-order valence-corrected chi connectivity index (χ3v) is 5.25. The molecule has 18 heavy (non-hydrogen) atoms. The average Bonchev–Trinajstić information content (AvgIpc) is 2.30. The summed E-state index contributed by atoms with van der Waals surface area (Å²) < 4.78 is 11.5. The molecule has 0 aromatic heterocycles. The molecule has 0 heterocycles. The smallest absolute Gasteiger partial charge is 0.269 e. The Hall–Kier alpha value is -1.23. The van der Waals surface area contributed by atoms with Crippen LogP contribution >= 0.6 is 7.60 Å². The molecule has 0 radical (unpaired) electrons. The Balaban J connectivity index is 3.32. The van der Waals surface area contributed by atoms with E-state index in [0.29, 0.717) is 5.56 Å². The van der Waals surface area contributed by atoms with Crippen molar-refractivity contribution in [2.24, 2.45) is 0 Å². The van der Waals surface area contributed by atoms with Crippen molar-refractivity contribution < 1.29 is 19.3 Å². The van der Waals surface area contributed by atoms with Gasteiger partial charge in [0.2, 0.25) is 0 Å². The van der Waals surface area contributed by atoms with Gasteiger partial charge in [0.05, 0.1) is 4.92 Å². The second-order valence-corrected chi connectivity index (χ2v) is 5.89. The Morgan fingerprint density at radius 1 is 1.17 bits per heavy atom. The molecule has 0 atom stereocenters. The molecule has 1 aromatic carbocycles. The van der Waals surface area contributed by atoms with Gasteiger partial charge in [0, 0.05) is 17.3 Å². The lowest BCUT2D eigenvalue weighted by atomic mass is 9.92. The van der Waals surface area contributed by atoms with Crippen LogP contribution in [0.2, 0.25) is 0 Å². The molecule has 1 rings (SSSR count). The lowest BCUT2D eigenvalue weighted by Crippen LogP contribution is -2.36. The van der Waals surface area contributed by atoms with Crippen LogP contribution in [-0.4, -0.2) is 4.92 Å². The van der Waals surface area contributed by atoms with Gasteiger partial charge in [-0.05, 0) is 18.4 Å². The molecule has 1 aromatic rings. The highest BCUT2D eigenvalue weighted by molar-refractivity contribution is 7.50. The predicted molar refractivity (Wildman–Crippen MR) is 63.0 cm³/mol. The maximum atomic E-state index is 11.5. The van der Waals surface area contributed by atoms with Crippen LogP contribution in [0.4, 0.5) is 5.69 Å². The molecule has 7 heteroatoms. The van der Waals surface area contributed by atoms with Crippen LogP contribution in [0.5, 0.6) is 0 Å². The van der Waals surface area contributed by atoms with Crippen LogP contribution in [0.3, 0.4) is 0 Å². The van der Waals surface area contributed by atoms with Gasteiger partial charge in [0.25, 0.3) is 5.69 Å². The molecule has 0 aliphatic carbocycles. The van der Waals surface area contributed by atoms with Crippen molar-refractivity contribution in [3.63, 3.8) is 0 Å².